The van der Waals surface area contributed by atoms with Crippen LogP contribution in [-0.2, 0) is 4.74 Å². The van der Waals surface area contributed by atoms with E-state index >= 15 is 0 Å². The number of carbonyl (C=O) groups excluding carboxylic acids is 1. The van der Waals surface area contributed by atoms with Crippen molar-refractivity contribution in [3.05, 3.63) is 33.5 Å². The molecule has 4 heteroatoms. The van der Waals surface area contributed by atoms with Crippen LogP contribution in [0, 0.1) is 12.7 Å². The first-order valence-corrected chi connectivity index (χ1v) is 4.40. The second-order valence-corrected chi connectivity index (χ2v) is 3.38. The average molecular weight is 247 g/mol. The van der Waals surface area contributed by atoms with Gasteiger partial charge in [0.25, 0.3) is 0 Å². The summed E-state index contributed by atoms with van der Waals surface area (Å²) in [6.07, 6.45) is 0. The molecule has 0 aliphatic carbocycles. The topological polar surface area (TPSA) is 26.3 Å². The lowest BCUT2D eigenvalue weighted by molar-refractivity contribution is 0.0599. The van der Waals surface area contributed by atoms with Crippen LogP contribution in [0.3, 0.4) is 0 Å². The van der Waals surface area contributed by atoms with E-state index in [4.69, 9.17) is 0 Å². The van der Waals surface area contributed by atoms with Gasteiger partial charge in [0.05, 0.1) is 17.1 Å². The second-order valence-electron chi connectivity index (χ2n) is 2.53. The maximum absolute atomic E-state index is 13.2. The highest BCUT2D eigenvalue weighted by Gasteiger charge is 2.13. The number of benzene rings is 1. The highest BCUT2D eigenvalue weighted by atomic mass is 79.9. The first-order valence-electron chi connectivity index (χ1n) is 3.61. The van der Waals surface area contributed by atoms with E-state index in [-0.39, 0.29) is 5.56 Å². The first kappa shape index (κ1) is 10.2. The maximum Gasteiger partial charge on any atom is 0.338 e. The Morgan fingerprint density at radius 3 is 2.69 bits per heavy atom. The van der Waals surface area contributed by atoms with Crippen molar-refractivity contribution in [3.8, 4) is 0 Å². The zero-order valence-electron chi connectivity index (χ0n) is 7.23. The monoisotopic (exact) mass is 246 g/mol. The van der Waals surface area contributed by atoms with Crippen molar-refractivity contribution in [1.29, 1.82) is 0 Å². The lowest BCUT2D eigenvalue weighted by atomic mass is 10.1. The maximum atomic E-state index is 13.2. The fourth-order valence-corrected chi connectivity index (χ4v) is 1.41. The van der Waals surface area contributed by atoms with E-state index in [0.29, 0.717) is 10.0 Å². The van der Waals surface area contributed by atoms with Crippen LogP contribution in [0.25, 0.3) is 0 Å². The van der Waals surface area contributed by atoms with Crippen LogP contribution in [-0.4, -0.2) is 13.1 Å². The van der Waals surface area contributed by atoms with Gasteiger partial charge in [0.15, 0.2) is 0 Å². The molecule has 0 atom stereocenters. The molecule has 0 heterocycles. The normalized spacial score (nSPS) is 9.85. The third-order valence-corrected chi connectivity index (χ3v) is 2.36. The minimum atomic E-state index is -0.524. The van der Waals surface area contributed by atoms with Gasteiger partial charge in [-0.15, -0.1) is 0 Å². The summed E-state index contributed by atoms with van der Waals surface area (Å²) in [6.45, 7) is 1.53. The Morgan fingerprint density at radius 1 is 1.54 bits per heavy atom. The summed E-state index contributed by atoms with van der Waals surface area (Å²) in [5.74, 6) is -0.952. The Bertz CT molecular complexity index is 350. The molecule has 0 aliphatic rings. The molecule has 0 fully saturated rings. The molecule has 13 heavy (non-hydrogen) atoms. The number of esters is 1. The summed E-state index contributed by atoms with van der Waals surface area (Å²) in [4.78, 5) is 11.1. The number of hydrogen-bond donors (Lipinski definition) is 0. The standard InChI is InChI=1S/C9H8BrFO2/c1-5-6(9(12)13-2)3-4-7(10)8(5)11/h3-4H,1-2H3. The van der Waals surface area contributed by atoms with Crippen molar-refractivity contribution in [2.45, 2.75) is 6.92 Å². The average Bonchev–Trinajstić information content (AvgIpc) is 2.13. The van der Waals surface area contributed by atoms with Crippen LogP contribution in [0.5, 0.6) is 0 Å². The molecule has 70 valence electrons. The molecule has 1 rings (SSSR count). The Kier molecular flexibility index (Phi) is 3.03. The molecule has 0 aliphatic heterocycles. The molecular weight excluding hydrogens is 239 g/mol. The Balaban J connectivity index is 3.26. The van der Waals surface area contributed by atoms with Crippen molar-refractivity contribution < 1.29 is 13.9 Å². The van der Waals surface area contributed by atoms with E-state index in [1.54, 1.807) is 0 Å². The number of halogens is 2. The highest BCUT2D eigenvalue weighted by Crippen LogP contribution is 2.21. The Hall–Kier alpha value is -0.900. The Morgan fingerprint density at radius 2 is 2.15 bits per heavy atom. The van der Waals surface area contributed by atoms with Gasteiger partial charge in [-0.2, -0.15) is 0 Å². The number of carbonyl (C=O) groups is 1. The third-order valence-electron chi connectivity index (χ3n) is 1.74. The van der Waals surface area contributed by atoms with Gasteiger partial charge in [0.2, 0.25) is 0 Å². The van der Waals surface area contributed by atoms with Crippen molar-refractivity contribution in [3.63, 3.8) is 0 Å². The van der Waals surface area contributed by atoms with E-state index in [9.17, 15) is 9.18 Å². The largest absolute Gasteiger partial charge is 0.465 e. The van der Waals surface area contributed by atoms with Crippen LogP contribution < -0.4 is 0 Å². The minimum absolute atomic E-state index is 0.253. The number of methoxy groups -OCH3 is 1. The van der Waals surface area contributed by atoms with E-state index in [1.165, 1.54) is 26.2 Å². The fraction of sp³-hybridized carbons (Fsp3) is 0.222. The van der Waals surface area contributed by atoms with E-state index < -0.39 is 11.8 Å². The molecule has 0 N–H and O–H groups in total. The summed E-state index contributed by atoms with van der Waals surface area (Å²) >= 11 is 3.02. The van der Waals surface area contributed by atoms with Crippen molar-refractivity contribution in [2.24, 2.45) is 0 Å². The van der Waals surface area contributed by atoms with E-state index in [2.05, 4.69) is 20.7 Å². The second kappa shape index (κ2) is 3.87. The van der Waals surface area contributed by atoms with Gasteiger partial charge in [0, 0.05) is 5.56 Å². The van der Waals surface area contributed by atoms with Crippen LogP contribution in [0.2, 0.25) is 0 Å². The molecule has 2 nitrogen and oxygen atoms in total. The number of rotatable bonds is 1. The smallest absolute Gasteiger partial charge is 0.338 e. The van der Waals surface area contributed by atoms with Crippen LogP contribution in [0.15, 0.2) is 16.6 Å². The SMILES string of the molecule is COC(=O)c1ccc(Br)c(F)c1C. The summed E-state index contributed by atoms with van der Waals surface area (Å²) in [7, 11) is 1.27. The van der Waals surface area contributed by atoms with Gasteiger partial charge in [0.1, 0.15) is 5.82 Å². The predicted octanol–water partition coefficient (Wildman–Crippen LogP) is 2.68. The van der Waals surface area contributed by atoms with Gasteiger partial charge in [-0.25, -0.2) is 9.18 Å². The van der Waals surface area contributed by atoms with Crippen molar-refractivity contribution in [1.82, 2.24) is 0 Å². The molecule has 0 aromatic heterocycles. The molecule has 1 aromatic carbocycles. The van der Waals surface area contributed by atoms with Crippen LogP contribution in [0.1, 0.15) is 15.9 Å². The Labute approximate surface area is 83.8 Å². The van der Waals surface area contributed by atoms with E-state index in [1.807, 2.05) is 0 Å². The minimum Gasteiger partial charge on any atom is -0.465 e. The molecule has 0 saturated carbocycles. The van der Waals surface area contributed by atoms with Crippen LogP contribution in [0.4, 0.5) is 4.39 Å². The van der Waals surface area contributed by atoms with E-state index in [0.717, 1.165) is 0 Å². The first-order chi connectivity index (χ1) is 6.07. The molecular formula is C9H8BrFO2. The summed E-state index contributed by atoms with van der Waals surface area (Å²) in [5, 5.41) is 0. The molecule has 0 spiro atoms. The summed E-state index contributed by atoms with van der Waals surface area (Å²) in [6, 6.07) is 3.00. The summed E-state index contributed by atoms with van der Waals surface area (Å²) < 4.78 is 18.1. The zero-order chi connectivity index (χ0) is 10.0. The molecule has 0 bridgehead atoms. The number of hydrogen-bond acceptors (Lipinski definition) is 2. The van der Waals surface area contributed by atoms with Gasteiger partial charge < -0.3 is 4.74 Å². The summed E-state index contributed by atoms with van der Waals surface area (Å²) in [5.41, 5.74) is 0.546. The molecule has 0 unspecified atom stereocenters. The molecule has 0 saturated heterocycles. The molecule has 0 amide bonds. The van der Waals surface area contributed by atoms with Crippen molar-refractivity contribution >= 4 is 21.9 Å². The van der Waals surface area contributed by atoms with Crippen molar-refractivity contribution in [2.75, 3.05) is 7.11 Å². The van der Waals surface area contributed by atoms with Gasteiger partial charge in [-0.3, -0.25) is 0 Å². The molecule has 0 radical (unpaired) electrons. The lowest BCUT2D eigenvalue weighted by Crippen LogP contribution is -2.05. The lowest BCUT2D eigenvalue weighted by Gasteiger charge is -2.05. The van der Waals surface area contributed by atoms with Gasteiger partial charge >= 0.3 is 5.97 Å². The zero-order valence-corrected chi connectivity index (χ0v) is 8.81. The highest BCUT2D eigenvalue weighted by molar-refractivity contribution is 9.10. The number of ether oxygens (including phenoxy) is 1. The van der Waals surface area contributed by atoms with Gasteiger partial charge in [-0.05, 0) is 35.0 Å². The molecule has 1 aromatic rings. The quantitative estimate of drug-likeness (QED) is 0.713. The third kappa shape index (κ3) is 1.88. The van der Waals surface area contributed by atoms with Gasteiger partial charge in [-0.1, -0.05) is 0 Å². The van der Waals surface area contributed by atoms with Crippen LogP contribution >= 0.6 is 15.9 Å². The predicted molar refractivity (Wildman–Crippen MR) is 50.2 cm³/mol. The fourth-order valence-electron chi connectivity index (χ4n) is 0.983.